The van der Waals surface area contributed by atoms with E-state index in [4.69, 9.17) is 17.3 Å². The molecule has 4 nitrogen and oxygen atoms in total. The summed E-state index contributed by atoms with van der Waals surface area (Å²) in [6.45, 7) is 6.82. The molecule has 6 heteroatoms. The van der Waals surface area contributed by atoms with E-state index in [1.165, 1.54) is 22.2 Å². The van der Waals surface area contributed by atoms with E-state index < -0.39 is 5.97 Å². The number of hydrogen-bond donors (Lipinski definition) is 1. The lowest BCUT2D eigenvalue weighted by molar-refractivity contribution is -0.137. The van der Waals surface area contributed by atoms with E-state index in [2.05, 4.69) is 32.9 Å². The quantitative estimate of drug-likeness (QED) is 0.632. The number of carboxylic acids is 1. The summed E-state index contributed by atoms with van der Waals surface area (Å²) in [5, 5.41) is 8.69. The van der Waals surface area contributed by atoms with Gasteiger partial charge in [0.05, 0.1) is 4.91 Å². The maximum absolute atomic E-state index is 12.4. The van der Waals surface area contributed by atoms with Gasteiger partial charge in [-0.3, -0.25) is 14.5 Å². The summed E-state index contributed by atoms with van der Waals surface area (Å²) >= 11 is 6.51. The molecule has 0 bridgehead atoms. The highest BCUT2D eigenvalue weighted by Gasteiger charge is 2.31. The fraction of sp³-hybridized carbons (Fsp3) is 0.389. The molecule has 1 aliphatic heterocycles. The smallest absolute Gasteiger partial charge is 0.303 e. The van der Waals surface area contributed by atoms with Crippen LogP contribution in [0.15, 0.2) is 29.2 Å². The lowest BCUT2D eigenvalue weighted by Gasteiger charge is -2.18. The van der Waals surface area contributed by atoms with Gasteiger partial charge in [0.2, 0.25) is 0 Å². The van der Waals surface area contributed by atoms with E-state index in [0.29, 0.717) is 22.2 Å². The van der Waals surface area contributed by atoms with Gasteiger partial charge in [0.15, 0.2) is 0 Å². The van der Waals surface area contributed by atoms with Crippen molar-refractivity contribution in [3.63, 3.8) is 0 Å². The van der Waals surface area contributed by atoms with E-state index in [9.17, 15) is 9.59 Å². The van der Waals surface area contributed by atoms with Crippen molar-refractivity contribution in [2.45, 2.75) is 39.0 Å². The van der Waals surface area contributed by atoms with Gasteiger partial charge in [-0.2, -0.15) is 0 Å². The molecule has 0 atom stereocenters. The molecular weight excluding hydrogens is 342 g/mol. The predicted octanol–water partition coefficient (Wildman–Crippen LogP) is 4.05. The van der Waals surface area contributed by atoms with Crippen LogP contribution in [0.3, 0.4) is 0 Å². The largest absolute Gasteiger partial charge is 0.481 e. The minimum atomic E-state index is -0.866. The van der Waals surface area contributed by atoms with E-state index in [-0.39, 0.29) is 17.7 Å². The third kappa shape index (κ3) is 4.68. The van der Waals surface area contributed by atoms with E-state index >= 15 is 0 Å². The van der Waals surface area contributed by atoms with Crippen molar-refractivity contribution in [3.8, 4) is 0 Å². The molecule has 1 aromatic rings. The molecule has 1 aromatic carbocycles. The maximum atomic E-state index is 12.4. The summed E-state index contributed by atoms with van der Waals surface area (Å²) in [5.41, 5.74) is 2.28. The average molecular weight is 364 g/mol. The van der Waals surface area contributed by atoms with Crippen LogP contribution in [0.2, 0.25) is 0 Å². The van der Waals surface area contributed by atoms with Crippen LogP contribution < -0.4 is 0 Å². The Hall–Kier alpha value is -1.66. The number of benzene rings is 1. The van der Waals surface area contributed by atoms with E-state index in [1.54, 1.807) is 0 Å². The van der Waals surface area contributed by atoms with Crippen molar-refractivity contribution >= 4 is 46.3 Å². The third-order valence-electron chi connectivity index (χ3n) is 3.72. The molecule has 0 spiro atoms. The van der Waals surface area contributed by atoms with Gasteiger partial charge in [0.25, 0.3) is 5.91 Å². The maximum Gasteiger partial charge on any atom is 0.303 e. The third-order valence-corrected chi connectivity index (χ3v) is 5.10. The molecule has 0 aromatic heterocycles. The molecule has 0 saturated carbocycles. The number of thioether (sulfide) groups is 1. The van der Waals surface area contributed by atoms with Gasteiger partial charge in [-0.25, -0.2) is 0 Å². The normalized spacial score (nSPS) is 17.0. The summed E-state index contributed by atoms with van der Waals surface area (Å²) < 4.78 is 0.489. The second kappa shape index (κ2) is 7.49. The minimum Gasteiger partial charge on any atom is -0.481 e. The lowest BCUT2D eigenvalue weighted by atomic mass is 9.87. The number of nitrogens with zero attached hydrogens (tertiary/aromatic N) is 1. The number of amides is 1. The number of carboxylic acid groups (broad SMARTS) is 1. The number of aliphatic carboxylic acids is 1. The number of carbonyl (C=O) groups excluding carboxylic acids is 1. The highest BCUT2D eigenvalue weighted by atomic mass is 32.2. The molecule has 1 aliphatic rings. The van der Waals surface area contributed by atoms with Crippen molar-refractivity contribution < 1.29 is 14.7 Å². The highest BCUT2D eigenvalue weighted by molar-refractivity contribution is 8.26. The van der Waals surface area contributed by atoms with Gasteiger partial charge < -0.3 is 5.11 Å². The summed E-state index contributed by atoms with van der Waals surface area (Å²) in [6.07, 6.45) is 2.27. The Kier molecular flexibility index (Phi) is 5.83. The first-order chi connectivity index (χ1) is 11.2. The van der Waals surface area contributed by atoms with Crippen molar-refractivity contribution in [2.75, 3.05) is 6.54 Å². The molecule has 0 radical (unpaired) electrons. The number of carbonyl (C=O) groups is 2. The topological polar surface area (TPSA) is 57.6 Å². The van der Waals surface area contributed by atoms with Crippen LogP contribution in [0.1, 0.15) is 44.7 Å². The first kappa shape index (κ1) is 18.7. The van der Waals surface area contributed by atoms with Gasteiger partial charge >= 0.3 is 5.97 Å². The van der Waals surface area contributed by atoms with Crippen molar-refractivity contribution in [2.24, 2.45) is 0 Å². The van der Waals surface area contributed by atoms with Crippen LogP contribution in [0.5, 0.6) is 0 Å². The van der Waals surface area contributed by atoms with Crippen molar-refractivity contribution in [1.82, 2.24) is 4.90 Å². The standard InChI is InChI=1S/C18H21NO3S2/c1-18(2,3)13-8-6-12(7-9-13)11-14-16(22)19(17(23)24-14)10-4-5-15(20)21/h6-9,11H,4-5,10H2,1-3H3,(H,20,21)/b14-11-. The Morgan fingerprint density at radius 1 is 1.29 bits per heavy atom. The molecular formula is C18H21NO3S2. The fourth-order valence-electron chi connectivity index (χ4n) is 2.31. The Balaban J connectivity index is 2.09. The van der Waals surface area contributed by atoms with Crippen LogP contribution in [0.4, 0.5) is 0 Å². The summed E-state index contributed by atoms with van der Waals surface area (Å²) in [5.74, 6) is -1.01. The van der Waals surface area contributed by atoms with Crippen LogP contribution in [-0.2, 0) is 15.0 Å². The fourth-order valence-corrected chi connectivity index (χ4v) is 3.62. The summed E-state index contributed by atoms with van der Waals surface area (Å²) in [7, 11) is 0. The van der Waals surface area contributed by atoms with Gasteiger partial charge in [0, 0.05) is 13.0 Å². The average Bonchev–Trinajstić information content (AvgIpc) is 2.74. The Labute approximate surface area is 151 Å². The second-order valence-electron chi connectivity index (χ2n) is 6.70. The molecule has 1 N–H and O–H groups in total. The first-order valence-electron chi connectivity index (χ1n) is 7.76. The van der Waals surface area contributed by atoms with Crippen molar-refractivity contribution in [1.29, 1.82) is 0 Å². The van der Waals surface area contributed by atoms with E-state index in [0.717, 1.165) is 5.56 Å². The molecule has 0 unspecified atom stereocenters. The zero-order valence-corrected chi connectivity index (χ0v) is 15.7. The number of rotatable bonds is 5. The number of thiocarbonyl (C=S) groups is 1. The molecule has 1 heterocycles. The van der Waals surface area contributed by atoms with Crippen LogP contribution in [0.25, 0.3) is 6.08 Å². The van der Waals surface area contributed by atoms with Crippen LogP contribution >= 0.6 is 24.0 Å². The highest BCUT2D eigenvalue weighted by Crippen LogP contribution is 2.33. The van der Waals surface area contributed by atoms with Gasteiger partial charge in [-0.1, -0.05) is 69.0 Å². The zero-order valence-electron chi connectivity index (χ0n) is 14.0. The summed E-state index contributed by atoms with van der Waals surface area (Å²) in [4.78, 5) is 25.1. The summed E-state index contributed by atoms with van der Waals surface area (Å²) in [6, 6.07) is 8.13. The Morgan fingerprint density at radius 2 is 1.92 bits per heavy atom. The lowest BCUT2D eigenvalue weighted by Crippen LogP contribution is -2.29. The van der Waals surface area contributed by atoms with Gasteiger partial charge in [0.1, 0.15) is 4.32 Å². The molecule has 24 heavy (non-hydrogen) atoms. The molecule has 1 fully saturated rings. The monoisotopic (exact) mass is 363 g/mol. The van der Waals surface area contributed by atoms with Gasteiger partial charge in [-0.05, 0) is 29.0 Å². The number of hydrogen-bond acceptors (Lipinski definition) is 4. The van der Waals surface area contributed by atoms with Gasteiger partial charge in [-0.15, -0.1) is 0 Å². The molecule has 2 rings (SSSR count). The van der Waals surface area contributed by atoms with Crippen LogP contribution in [0, 0.1) is 0 Å². The molecule has 0 aliphatic carbocycles. The Bertz CT molecular complexity index is 687. The van der Waals surface area contributed by atoms with E-state index in [1.807, 2.05) is 18.2 Å². The molecule has 128 valence electrons. The first-order valence-corrected chi connectivity index (χ1v) is 8.98. The SMILES string of the molecule is CC(C)(C)c1ccc(/C=C2\SC(=S)N(CCCC(=O)O)C2=O)cc1. The predicted molar refractivity (Wildman–Crippen MR) is 102 cm³/mol. The zero-order chi connectivity index (χ0) is 17.9. The minimum absolute atomic E-state index is 0.0321. The molecule has 1 amide bonds. The Morgan fingerprint density at radius 3 is 2.46 bits per heavy atom. The van der Waals surface area contributed by atoms with Crippen molar-refractivity contribution in [3.05, 3.63) is 40.3 Å². The second-order valence-corrected chi connectivity index (χ2v) is 8.38. The van der Waals surface area contributed by atoms with Crippen LogP contribution in [-0.4, -0.2) is 32.7 Å². The molecule has 1 saturated heterocycles.